The van der Waals surface area contributed by atoms with Crippen molar-refractivity contribution in [1.29, 1.82) is 0 Å². The number of hydrogen-bond acceptors (Lipinski definition) is 4. The lowest BCUT2D eigenvalue weighted by Gasteiger charge is -2.16. The van der Waals surface area contributed by atoms with Gasteiger partial charge in [0, 0.05) is 11.6 Å². The highest BCUT2D eigenvalue weighted by atomic mass is 35.5. The number of amides is 1. The van der Waals surface area contributed by atoms with E-state index in [0.717, 1.165) is 15.8 Å². The highest BCUT2D eigenvalue weighted by Crippen LogP contribution is 2.24. The van der Waals surface area contributed by atoms with E-state index in [1.165, 1.54) is 4.68 Å². The standard InChI is InChI=1S/C19H17ClN4O2S/c1-11(18(25)21-10-13-5-3-4-6-14(13)20)24-19(26)16-9-17-15(7-8-27-17)23(16)12(2)22-24/h3-9,11H,10H2,1-2H3,(H,21,25). The van der Waals surface area contributed by atoms with Crippen LogP contribution >= 0.6 is 22.9 Å². The summed E-state index contributed by atoms with van der Waals surface area (Å²) < 4.78 is 4.10. The molecule has 27 heavy (non-hydrogen) atoms. The summed E-state index contributed by atoms with van der Waals surface area (Å²) in [4.78, 5) is 25.5. The molecule has 0 aliphatic rings. The van der Waals surface area contributed by atoms with Crippen LogP contribution in [0.2, 0.25) is 5.02 Å². The zero-order valence-electron chi connectivity index (χ0n) is 14.8. The molecule has 1 unspecified atom stereocenters. The molecule has 1 N–H and O–H groups in total. The molecule has 0 saturated carbocycles. The molecule has 6 nitrogen and oxygen atoms in total. The number of nitrogens with one attached hydrogen (secondary N) is 1. The molecule has 0 spiro atoms. The number of benzene rings is 1. The van der Waals surface area contributed by atoms with Crippen molar-refractivity contribution >= 4 is 44.6 Å². The molecule has 0 aliphatic carbocycles. The second-order valence-corrected chi connectivity index (χ2v) is 7.67. The van der Waals surface area contributed by atoms with Crippen LogP contribution in [0.5, 0.6) is 0 Å². The topological polar surface area (TPSA) is 68.4 Å². The zero-order valence-corrected chi connectivity index (χ0v) is 16.3. The van der Waals surface area contributed by atoms with E-state index in [1.54, 1.807) is 24.3 Å². The molecule has 4 aromatic rings. The first-order valence-electron chi connectivity index (χ1n) is 8.46. The number of rotatable bonds is 4. The fourth-order valence-corrected chi connectivity index (χ4v) is 4.15. The summed E-state index contributed by atoms with van der Waals surface area (Å²) in [5, 5.41) is 9.78. The van der Waals surface area contributed by atoms with Gasteiger partial charge in [0.1, 0.15) is 17.4 Å². The number of carbonyl (C=O) groups excluding carboxylic acids is 1. The van der Waals surface area contributed by atoms with E-state index in [1.807, 2.05) is 47.0 Å². The minimum absolute atomic E-state index is 0.288. The van der Waals surface area contributed by atoms with E-state index in [9.17, 15) is 9.59 Å². The molecule has 138 valence electrons. The Morgan fingerprint density at radius 2 is 2.07 bits per heavy atom. The van der Waals surface area contributed by atoms with Gasteiger partial charge in [0.15, 0.2) is 0 Å². The third kappa shape index (κ3) is 3.02. The number of carbonyl (C=O) groups is 1. The highest BCUT2D eigenvalue weighted by Gasteiger charge is 2.21. The van der Waals surface area contributed by atoms with Crippen molar-refractivity contribution in [2.75, 3.05) is 0 Å². The minimum atomic E-state index is -0.739. The van der Waals surface area contributed by atoms with Crippen LogP contribution in [-0.4, -0.2) is 20.1 Å². The molecular formula is C19H17ClN4O2S. The Labute approximate surface area is 164 Å². The van der Waals surface area contributed by atoms with Gasteiger partial charge < -0.3 is 5.32 Å². The van der Waals surface area contributed by atoms with Gasteiger partial charge >= 0.3 is 0 Å². The maximum absolute atomic E-state index is 12.9. The number of fused-ring (bicyclic) bond motifs is 3. The second kappa shape index (κ2) is 6.83. The number of halogens is 1. The number of aryl methyl sites for hydroxylation is 1. The first-order chi connectivity index (χ1) is 13.0. The lowest BCUT2D eigenvalue weighted by molar-refractivity contribution is -0.124. The van der Waals surface area contributed by atoms with E-state index in [4.69, 9.17) is 11.6 Å². The van der Waals surface area contributed by atoms with E-state index in [-0.39, 0.29) is 11.5 Å². The van der Waals surface area contributed by atoms with E-state index < -0.39 is 6.04 Å². The minimum Gasteiger partial charge on any atom is -0.350 e. The van der Waals surface area contributed by atoms with Gasteiger partial charge in [-0.05, 0) is 43.0 Å². The summed E-state index contributed by atoms with van der Waals surface area (Å²) in [5.41, 5.74) is 2.01. The summed E-state index contributed by atoms with van der Waals surface area (Å²) in [6.45, 7) is 3.78. The molecule has 0 radical (unpaired) electrons. The van der Waals surface area contributed by atoms with Crippen molar-refractivity contribution in [3.63, 3.8) is 0 Å². The van der Waals surface area contributed by atoms with Crippen molar-refractivity contribution in [2.24, 2.45) is 0 Å². The van der Waals surface area contributed by atoms with Crippen LogP contribution in [0.15, 0.2) is 46.6 Å². The molecule has 1 aromatic carbocycles. The Bertz CT molecular complexity index is 1220. The van der Waals surface area contributed by atoms with Crippen molar-refractivity contribution in [1.82, 2.24) is 19.5 Å². The maximum Gasteiger partial charge on any atom is 0.291 e. The van der Waals surface area contributed by atoms with Gasteiger partial charge in [0.2, 0.25) is 5.91 Å². The zero-order chi connectivity index (χ0) is 19.1. The average Bonchev–Trinajstić information content (AvgIpc) is 3.24. The molecular weight excluding hydrogens is 384 g/mol. The summed E-state index contributed by atoms with van der Waals surface area (Å²) in [6.07, 6.45) is 0. The van der Waals surface area contributed by atoms with Crippen molar-refractivity contribution in [3.05, 3.63) is 68.5 Å². The molecule has 4 rings (SSSR count). The first kappa shape index (κ1) is 17.8. The molecule has 0 aliphatic heterocycles. The normalized spacial score (nSPS) is 12.6. The van der Waals surface area contributed by atoms with E-state index in [2.05, 4.69) is 10.4 Å². The number of nitrogens with zero attached hydrogens (tertiary/aromatic N) is 3. The van der Waals surface area contributed by atoms with Crippen molar-refractivity contribution < 1.29 is 4.79 Å². The monoisotopic (exact) mass is 400 g/mol. The van der Waals surface area contributed by atoms with Crippen LogP contribution in [0.1, 0.15) is 24.4 Å². The van der Waals surface area contributed by atoms with Crippen LogP contribution < -0.4 is 10.9 Å². The highest BCUT2D eigenvalue weighted by molar-refractivity contribution is 7.17. The van der Waals surface area contributed by atoms with Gasteiger partial charge in [-0.1, -0.05) is 29.8 Å². The Kier molecular flexibility index (Phi) is 4.49. The van der Waals surface area contributed by atoms with Gasteiger partial charge in [-0.2, -0.15) is 5.10 Å². The van der Waals surface area contributed by atoms with E-state index >= 15 is 0 Å². The van der Waals surface area contributed by atoms with Crippen molar-refractivity contribution in [2.45, 2.75) is 26.4 Å². The Morgan fingerprint density at radius 1 is 1.30 bits per heavy atom. The van der Waals surface area contributed by atoms with Crippen LogP contribution in [0, 0.1) is 6.92 Å². The first-order valence-corrected chi connectivity index (χ1v) is 9.72. The molecule has 1 atom stereocenters. The SMILES string of the molecule is Cc1nn(C(C)C(=O)NCc2ccccc2Cl)c(=O)c2cc3sccc3n12. The molecule has 1 amide bonds. The average molecular weight is 401 g/mol. The van der Waals surface area contributed by atoms with Gasteiger partial charge in [-0.3, -0.25) is 14.0 Å². The summed E-state index contributed by atoms with van der Waals surface area (Å²) >= 11 is 7.69. The molecule has 0 saturated heterocycles. The lowest BCUT2D eigenvalue weighted by atomic mass is 10.2. The predicted molar refractivity (Wildman–Crippen MR) is 108 cm³/mol. The van der Waals surface area contributed by atoms with Gasteiger partial charge in [-0.15, -0.1) is 11.3 Å². The summed E-state index contributed by atoms with van der Waals surface area (Å²) in [6, 6.07) is 10.4. The lowest BCUT2D eigenvalue weighted by Crippen LogP contribution is -2.38. The third-order valence-electron chi connectivity index (χ3n) is 4.58. The van der Waals surface area contributed by atoms with Crippen LogP contribution in [-0.2, 0) is 11.3 Å². The van der Waals surface area contributed by atoms with E-state index in [0.29, 0.717) is 22.9 Å². The maximum atomic E-state index is 12.9. The molecule has 3 heterocycles. The fourth-order valence-electron chi connectivity index (χ4n) is 3.14. The van der Waals surface area contributed by atoms with Crippen LogP contribution in [0.25, 0.3) is 15.7 Å². The molecule has 0 fully saturated rings. The number of thiophene rings is 1. The van der Waals surface area contributed by atoms with Gasteiger partial charge in [0.05, 0.1) is 10.2 Å². The fraction of sp³-hybridized carbons (Fsp3) is 0.211. The Balaban J connectivity index is 1.65. The summed E-state index contributed by atoms with van der Waals surface area (Å²) in [5.74, 6) is 0.366. The molecule has 0 bridgehead atoms. The Morgan fingerprint density at radius 3 is 2.85 bits per heavy atom. The number of hydrogen-bond donors (Lipinski definition) is 1. The van der Waals surface area contributed by atoms with Crippen LogP contribution in [0.3, 0.4) is 0 Å². The molecule has 8 heteroatoms. The largest absolute Gasteiger partial charge is 0.350 e. The quantitative estimate of drug-likeness (QED) is 0.569. The van der Waals surface area contributed by atoms with Gasteiger partial charge in [0.25, 0.3) is 5.56 Å². The molecule has 3 aromatic heterocycles. The summed E-state index contributed by atoms with van der Waals surface area (Å²) in [7, 11) is 0. The number of aromatic nitrogens is 3. The van der Waals surface area contributed by atoms with Crippen molar-refractivity contribution in [3.8, 4) is 0 Å². The second-order valence-electron chi connectivity index (χ2n) is 6.32. The third-order valence-corrected chi connectivity index (χ3v) is 5.81. The predicted octanol–water partition coefficient (Wildman–Crippen LogP) is 3.55. The smallest absolute Gasteiger partial charge is 0.291 e. The Hall–Kier alpha value is -2.64. The van der Waals surface area contributed by atoms with Crippen LogP contribution in [0.4, 0.5) is 0 Å². The van der Waals surface area contributed by atoms with Gasteiger partial charge in [-0.25, -0.2) is 4.68 Å².